The average Bonchev–Trinajstić information content (AvgIpc) is 3.14. The first kappa shape index (κ1) is 16.7. The summed E-state index contributed by atoms with van der Waals surface area (Å²) in [6.45, 7) is 9.55. The van der Waals surface area contributed by atoms with E-state index in [9.17, 15) is 0 Å². The van der Waals surface area contributed by atoms with Crippen molar-refractivity contribution < 1.29 is 0 Å². The molecular formula is C19H37N3. The maximum atomic E-state index is 3.79. The molecule has 4 unspecified atom stereocenters. The molecule has 128 valence electrons. The van der Waals surface area contributed by atoms with Gasteiger partial charge in [0.25, 0.3) is 0 Å². The molecule has 0 aromatic heterocycles. The third-order valence-corrected chi connectivity index (χ3v) is 5.84. The lowest BCUT2D eigenvalue weighted by atomic mass is 9.81. The smallest absolute Gasteiger partial charge is 0.0209 e. The van der Waals surface area contributed by atoms with Gasteiger partial charge in [-0.3, -0.25) is 4.90 Å². The number of nitrogens with zero attached hydrogens (tertiary/aromatic N) is 1. The van der Waals surface area contributed by atoms with Crippen LogP contribution in [0.25, 0.3) is 0 Å². The summed E-state index contributed by atoms with van der Waals surface area (Å²) < 4.78 is 0. The lowest BCUT2D eigenvalue weighted by Gasteiger charge is -2.36. The Bertz CT molecular complexity index is 340. The molecule has 22 heavy (non-hydrogen) atoms. The van der Waals surface area contributed by atoms with Gasteiger partial charge in [-0.2, -0.15) is 0 Å². The van der Waals surface area contributed by atoms with Crippen molar-refractivity contribution in [2.75, 3.05) is 13.1 Å². The fourth-order valence-corrected chi connectivity index (χ4v) is 4.76. The molecule has 3 nitrogen and oxygen atoms in total. The first-order valence-electron chi connectivity index (χ1n) is 9.86. The molecule has 1 heterocycles. The SMILES string of the molecule is CC(C)NC1CCN(C2CCCC(CC(C)NC3CC3)C2)C1. The first-order valence-corrected chi connectivity index (χ1v) is 9.86. The normalized spacial score (nSPS) is 35.2. The van der Waals surface area contributed by atoms with Gasteiger partial charge in [0.05, 0.1) is 0 Å². The Labute approximate surface area is 137 Å². The molecule has 3 heteroatoms. The van der Waals surface area contributed by atoms with Gasteiger partial charge in [0.15, 0.2) is 0 Å². The van der Waals surface area contributed by atoms with Crippen LogP contribution in [0, 0.1) is 5.92 Å². The van der Waals surface area contributed by atoms with Crippen LogP contribution < -0.4 is 10.6 Å². The maximum absolute atomic E-state index is 3.79. The highest BCUT2D eigenvalue weighted by molar-refractivity contribution is 4.90. The summed E-state index contributed by atoms with van der Waals surface area (Å²) in [4.78, 5) is 2.80. The molecule has 4 atom stereocenters. The highest BCUT2D eigenvalue weighted by Crippen LogP contribution is 2.33. The Hall–Kier alpha value is -0.120. The average molecular weight is 308 g/mol. The summed E-state index contributed by atoms with van der Waals surface area (Å²) in [5.41, 5.74) is 0. The predicted octanol–water partition coefficient (Wildman–Crippen LogP) is 3.15. The van der Waals surface area contributed by atoms with Gasteiger partial charge in [-0.25, -0.2) is 0 Å². The zero-order chi connectivity index (χ0) is 15.5. The van der Waals surface area contributed by atoms with E-state index in [0.29, 0.717) is 6.04 Å². The number of likely N-dealkylation sites (tertiary alicyclic amines) is 1. The molecular weight excluding hydrogens is 270 g/mol. The second kappa shape index (κ2) is 7.63. The highest BCUT2D eigenvalue weighted by Gasteiger charge is 2.33. The molecule has 3 fully saturated rings. The minimum Gasteiger partial charge on any atom is -0.311 e. The van der Waals surface area contributed by atoms with E-state index >= 15 is 0 Å². The Morgan fingerprint density at radius 1 is 0.955 bits per heavy atom. The highest BCUT2D eigenvalue weighted by atomic mass is 15.2. The quantitative estimate of drug-likeness (QED) is 0.756. The molecule has 2 N–H and O–H groups in total. The van der Waals surface area contributed by atoms with E-state index in [-0.39, 0.29) is 0 Å². The van der Waals surface area contributed by atoms with Gasteiger partial charge in [0.1, 0.15) is 0 Å². The van der Waals surface area contributed by atoms with Gasteiger partial charge >= 0.3 is 0 Å². The topological polar surface area (TPSA) is 27.3 Å². The second-order valence-corrected chi connectivity index (χ2v) is 8.57. The summed E-state index contributed by atoms with van der Waals surface area (Å²) in [6.07, 6.45) is 11.4. The van der Waals surface area contributed by atoms with E-state index in [0.717, 1.165) is 30.1 Å². The molecule has 1 aliphatic heterocycles. The minimum absolute atomic E-state index is 0.624. The van der Waals surface area contributed by atoms with Crippen molar-refractivity contribution in [1.29, 1.82) is 0 Å². The molecule has 0 radical (unpaired) electrons. The van der Waals surface area contributed by atoms with E-state index < -0.39 is 0 Å². The molecule has 3 rings (SSSR count). The van der Waals surface area contributed by atoms with Gasteiger partial charge in [0, 0.05) is 43.3 Å². The van der Waals surface area contributed by atoms with Crippen molar-refractivity contribution in [3.63, 3.8) is 0 Å². The monoisotopic (exact) mass is 307 g/mol. The van der Waals surface area contributed by atoms with Gasteiger partial charge < -0.3 is 10.6 Å². The van der Waals surface area contributed by atoms with Crippen LogP contribution in [0.4, 0.5) is 0 Å². The van der Waals surface area contributed by atoms with Crippen LogP contribution in [0.1, 0.15) is 72.1 Å². The molecule has 2 saturated carbocycles. The molecule has 3 aliphatic rings. The van der Waals surface area contributed by atoms with Crippen LogP contribution in [-0.4, -0.2) is 48.2 Å². The largest absolute Gasteiger partial charge is 0.311 e. The standard InChI is InChI=1S/C19H37N3/c1-14(2)20-18-9-10-22(13-18)19-6-4-5-16(12-19)11-15(3)21-17-7-8-17/h14-21H,4-13H2,1-3H3. The van der Waals surface area contributed by atoms with E-state index in [2.05, 4.69) is 36.3 Å². The van der Waals surface area contributed by atoms with E-state index in [1.54, 1.807) is 0 Å². The van der Waals surface area contributed by atoms with Crippen molar-refractivity contribution in [3.05, 3.63) is 0 Å². The molecule has 0 amide bonds. The number of hydrogen-bond acceptors (Lipinski definition) is 3. The Morgan fingerprint density at radius 3 is 2.50 bits per heavy atom. The lowest BCUT2D eigenvalue weighted by molar-refractivity contribution is 0.145. The molecule has 0 aromatic rings. The van der Waals surface area contributed by atoms with E-state index in [4.69, 9.17) is 0 Å². The van der Waals surface area contributed by atoms with Crippen molar-refractivity contribution in [3.8, 4) is 0 Å². The fraction of sp³-hybridized carbons (Fsp3) is 1.00. The molecule has 0 aromatic carbocycles. The third-order valence-electron chi connectivity index (χ3n) is 5.84. The number of rotatable bonds is 7. The van der Waals surface area contributed by atoms with E-state index in [1.165, 1.54) is 64.5 Å². The fourth-order valence-electron chi connectivity index (χ4n) is 4.76. The summed E-state index contributed by atoms with van der Waals surface area (Å²) in [7, 11) is 0. The van der Waals surface area contributed by atoms with Crippen molar-refractivity contribution in [2.45, 2.75) is 102 Å². The van der Waals surface area contributed by atoms with Crippen molar-refractivity contribution >= 4 is 0 Å². The van der Waals surface area contributed by atoms with Crippen molar-refractivity contribution in [2.24, 2.45) is 5.92 Å². The zero-order valence-electron chi connectivity index (χ0n) is 15.0. The van der Waals surface area contributed by atoms with E-state index in [1.807, 2.05) is 0 Å². The summed E-state index contributed by atoms with van der Waals surface area (Å²) >= 11 is 0. The Kier molecular flexibility index (Phi) is 5.80. The van der Waals surface area contributed by atoms with Crippen LogP contribution >= 0.6 is 0 Å². The molecule has 0 bridgehead atoms. The summed E-state index contributed by atoms with van der Waals surface area (Å²) in [6, 6.07) is 3.81. The second-order valence-electron chi connectivity index (χ2n) is 8.57. The molecule has 0 spiro atoms. The summed E-state index contributed by atoms with van der Waals surface area (Å²) in [5, 5.41) is 7.52. The summed E-state index contributed by atoms with van der Waals surface area (Å²) in [5.74, 6) is 0.956. The third kappa shape index (κ3) is 4.94. The Balaban J connectivity index is 1.42. The minimum atomic E-state index is 0.624. The maximum Gasteiger partial charge on any atom is 0.0209 e. The van der Waals surface area contributed by atoms with Gasteiger partial charge in [0.2, 0.25) is 0 Å². The lowest BCUT2D eigenvalue weighted by Crippen LogP contribution is -2.42. The predicted molar refractivity (Wildman–Crippen MR) is 94.2 cm³/mol. The molecule has 1 saturated heterocycles. The van der Waals surface area contributed by atoms with Crippen molar-refractivity contribution in [1.82, 2.24) is 15.5 Å². The first-order chi connectivity index (χ1) is 10.6. The van der Waals surface area contributed by atoms with Crippen LogP contribution in [0.5, 0.6) is 0 Å². The van der Waals surface area contributed by atoms with Crippen LogP contribution in [-0.2, 0) is 0 Å². The van der Waals surface area contributed by atoms with Gasteiger partial charge in [-0.05, 0) is 51.4 Å². The van der Waals surface area contributed by atoms with Crippen LogP contribution in [0.15, 0.2) is 0 Å². The number of hydrogen-bond donors (Lipinski definition) is 2. The molecule has 2 aliphatic carbocycles. The van der Waals surface area contributed by atoms with Gasteiger partial charge in [-0.15, -0.1) is 0 Å². The number of nitrogens with one attached hydrogen (secondary N) is 2. The van der Waals surface area contributed by atoms with Crippen LogP contribution in [0.3, 0.4) is 0 Å². The zero-order valence-corrected chi connectivity index (χ0v) is 15.0. The van der Waals surface area contributed by atoms with Gasteiger partial charge in [-0.1, -0.05) is 26.7 Å². The Morgan fingerprint density at radius 2 is 1.77 bits per heavy atom. The van der Waals surface area contributed by atoms with Crippen LogP contribution in [0.2, 0.25) is 0 Å².